The number of rotatable bonds is 9. The molecule has 0 aliphatic carbocycles. The SMILES string of the molecule is CCN(CC)CCOc1ccccc1NC(=O)N(C)Cc1cccs1. The number of carbonyl (C=O) groups is 1. The Morgan fingerprint density at radius 3 is 2.60 bits per heavy atom. The zero-order valence-electron chi connectivity index (χ0n) is 15.2. The first-order chi connectivity index (χ1) is 12.1. The van der Waals surface area contributed by atoms with Gasteiger partial charge in [-0.3, -0.25) is 0 Å². The Kier molecular flexibility index (Phi) is 7.76. The van der Waals surface area contributed by atoms with Crippen LogP contribution in [0.15, 0.2) is 41.8 Å². The van der Waals surface area contributed by atoms with Crippen LogP contribution < -0.4 is 10.1 Å². The first-order valence-electron chi connectivity index (χ1n) is 8.62. The molecular weight excluding hydrogens is 334 g/mol. The highest BCUT2D eigenvalue weighted by Gasteiger charge is 2.12. The number of likely N-dealkylation sites (N-methyl/N-ethyl adjacent to an activating group) is 1. The molecule has 1 aromatic carbocycles. The van der Waals surface area contributed by atoms with Crippen molar-refractivity contribution in [2.75, 3.05) is 38.6 Å². The number of thiophene rings is 1. The molecule has 1 N–H and O–H groups in total. The lowest BCUT2D eigenvalue weighted by Gasteiger charge is -2.20. The smallest absolute Gasteiger partial charge is 0.322 e. The van der Waals surface area contributed by atoms with E-state index < -0.39 is 0 Å². The molecule has 0 aliphatic rings. The number of nitrogens with zero attached hydrogens (tertiary/aromatic N) is 2. The summed E-state index contributed by atoms with van der Waals surface area (Å²) in [6.07, 6.45) is 0. The standard InChI is InChI=1S/C19H27N3O2S/c1-4-22(5-2)12-13-24-18-11-7-6-10-17(18)20-19(23)21(3)15-16-9-8-14-25-16/h6-11,14H,4-5,12-13,15H2,1-3H3,(H,20,23). The Bertz CT molecular complexity index is 642. The second-order valence-electron chi connectivity index (χ2n) is 5.74. The number of carbonyl (C=O) groups excluding carboxylic acids is 1. The van der Waals surface area contributed by atoms with E-state index in [9.17, 15) is 4.79 Å². The predicted octanol–water partition coefficient (Wildman–Crippen LogP) is 4.13. The number of urea groups is 1. The monoisotopic (exact) mass is 361 g/mol. The Hall–Kier alpha value is -2.05. The van der Waals surface area contributed by atoms with Gasteiger partial charge in [0.05, 0.1) is 12.2 Å². The summed E-state index contributed by atoms with van der Waals surface area (Å²) < 4.78 is 5.88. The summed E-state index contributed by atoms with van der Waals surface area (Å²) in [7, 11) is 1.79. The zero-order chi connectivity index (χ0) is 18.1. The van der Waals surface area contributed by atoms with Gasteiger partial charge in [-0.05, 0) is 36.7 Å². The van der Waals surface area contributed by atoms with Gasteiger partial charge in [-0.25, -0.2) is 4.79 Å². The molecule has 2 aromatic rings. The average Bonchev–Trinajstić information content (AvgIpc) is 3.13. The minimum absolute atomic E-state index is 0.145. The molecule has 0 radical (unpaired) electrons. The minimum atomic E-state index is -0.145. The average molecular weight is 362 g/mol. The Morgan fingerprint density at radius 1 is 1.16 bits per heavy atom. The molecule has 1 aromatic heterocycles. The quantitative estimate of drug-likeness (QED) is 0.730. The van der Waals surface area contributed by atoms with Gasteiger partial charge >= 0.3 is 6.03 Å². The van der Waals surface area contributed by atoms with Gasteiger partial charge < -0.3 is 19.9 Å². The molecule has 0 fully saturated rings. The van der Waals surface area contributed by atoms with Gasteiger partial charge in [0.25, 0.3) is 0 Å². The van der Waals surface area contributed by atoms with E-state index >= 15 is 0 Å². The maximum Gasteiger partial charge on any atom is 0.322 e. The van der Waals surface area contributed by atoms with E-state index in [1.165, 1.54) is 0 Å². The van der Waals surface area contributed by atoms with Gasteiger partial charge in [-0.2, -0.15) is 0 Å². The fourth-order valence-corrected chi connectivity index (χ4v) is 3.20. The largest absolute Gasteiger partial charge is 0.490 e. The van der Waals surface area contributed by atoms with Gasteiger partial charge in [0.2, 0.25) is 0 Å². The normalized spacial score (nSPS) is 10.7. The summed E-state index contributed by atoms with van der Waals surface area (Å²) in [5, 5.41) is 4.96. The molecular formula is C19H27N3O2S. The van der Waals surface area contributed by atoms with Crippen LogP contribution in [0.3, 0.4) is 0 Å². The van der Waals surface area contributed by atoms with Crippen molar-refractivity contribution in [1.82, 2.24) is 9.80 Å². The van der Waals surface area contributed by atoms with Crippen LogP contribution in [0.1, 0.15) is 18.7 Å². The third-order valence-corrected chi connectivity index (χ3v) is 4.87. The van der Waals surface area contributed by atoms with Crippen LogP contribution in [-0.2, 0) is 6.54 Å². The number of amides is 2. The summed E-state index contributed by atoms with van der Waals surface area (Å²) in [4.78, 5) is 17.5. The van der Waals surface area contributed by atoms with Gasteiger partial charge in [-0.1, -0.05) is 32.0 Å². The van der Waals surface area contributed by atoms with Crippen molar-refractivity contribution >= 4 is 23.1 Å². The Balaban J connectivity index is 1.91. The molecule has 5 nitrogen and oxygen atoms in total. The number of para-hydroxylation sites is 2. The molecule has 0 saturated heterocycles. The molecule has 0 saturated carbocycles. The fraction of sp³-hybridized carbons (Fsp3) is 0.421. The molecule has 0 atom stereocenters. The molecule has 1 heterocycles. The number of hydrogen-bond donors (Lipinski definition) is 1. The molecule has 2 rings (SSSR count). The predicted molar refractivity (Wildman–Crippen MR) is 105 cm³/mol. The lowest BCUT2D eigenvalue weighted by molar-refractivity contribution is 0.218. The highest BCUT2D eigenvalue weighted by Crippen LogP contribution is 2.24. The molecule has 0 aliphatic heterocycles. The highest BCUT2D eigenvalue weighted by atomic mass is 32.1. The molecule has 2 amide bonds. The van der Waals surface area contributed by atoms with Crippen LogP contribution in [-0.4, -0.2) is 49.1 Å². The summed E-state index contributed by atoms with van der Waals surface area (Å²) >= 11 is 1.65. The first-order valence-corrected chi connectivity index (χ1v) is 9.50. The second kappa shape index (κ2) is 10.1. The number of ether oxygens (including phenoxy) is 1. The van der Waals surface area contributed by atoms with Crippen molar-refractivity contribution in [3.63, 3.8) is 0 Å². The molecule has 6 heteroatoms. The van der Waals surface area contributed by atoms with E-state index in [0.29, 0.717) is 24.6 Å². The minimum Gasteiger partial charge on any atom is -0.490 e. The molecule has 0 bridgehead atoms. The second-order valence-corrected chi connectivity index (χ2v) is 6.77. The maximum absolute atomic E-state index is 12.4. The van der Waals surface area contributed by atoms with E-state index in [1.54, 1.807) is 23.3 Å². The Labute approximate surface area is 154 Å². The molecule has 25 heavy (non-hydrogen) atoms. The first kappa shape index (κ1) is 19.3. The van der Waals surface area contributed by atoms with Crippen molar-refractivity contribution in [2.24, 2.45) is 0 Å². The van der Waals surface area contributed by atoms with Crippen LogP contribution >= 0.6 is 11.3 Å². The third kappa shape index (κ3) is 6.07. The van der Waals surface area contributed by atoms with Crippen LogP contribution in [0.25, 0.3) is 0 Å². The summed E-state index contributed by atoms with van der Waals surface area (Å²) in [6, 6.07) is 11.4. The lowest BCUT2D eigenvalue weighted by atomic mass is 10.3. The van der Waals surface area contributed by atoms with Crippen molar-refractivity contribution in [3.8, 4) is 5.75 Å². The summed E-state index contributed by atoms with van der Waals surface area (Å²) in [5.74, 6) is 0.701. The van der Waals surface area contributed by atoms with E-state index in [2.05, 4.69) is 24.1 Å². The van der Waals surface area contributed by atoms with Crippen LogP contribution in [0.2, 0.25) is 0 Å². The summed E-state index contributed by atoms with van der Waals surface area (Å²) in [6.45, 7) is 8.35. The van der Waals surface area contributed by atoms with Crippen LogP contribution in [0.5, 0.6) is 5.75 Å². The van der Waals surface area contributed by atoms with Gasteiger partial charge in [0.1, 0.15) is 12.4 Å². The van der Waals surface area contributed by atoms with E-state index in [-0.39, 0.29) is 6.03 Å². The zero-order valence-corrected chi connectivity index (χ0v) is 16.0. The van der Waals surface area contributed by atoms with Gasteiger partial charge in [0.15, 0.2) is 0 Å². The Morgan fingerprint density at radius 2 is 1.92 bits per heavy atom. The number of anilines is 1. The number of benzene rings is 1. The van der Waals surface area contributed by atoms with Crippen molar-refractivity contribution in [1.29, 1.82) is 0 Å². The van der Waals surface area contributed by atoms with E-state index in [4.69, 9.17) is 4.74 Å². The topological polar surface area (TPSA) is 44.8 Å². The van der Waals surface area contributed by atoms with Gasteiger partial charge in [0, 0.05) is 18.5 Å². The van der Waals surface area contributed by atoms with Gasteiger partial charge in [-0.15, -0.1) is 11.3 Å². The van der Waals surface area contributed by atoms with Crippen molar-refractivity contribution in [3.05, 3.63) is 46.7 Å². The molecule has 0 unspecified atom stereocenters. The number of nitrogens with one attached hydrogen (secondary N) is 1. The molecule has 0 spiro atoms. The van der Waals surface area contributed by atoms with Crippen molar-refractivity contribution < 1.29 is 9.53 Å². The summed E-state index contributed by atoms with van der Waals surface area (Å²) in [5.41, 5.74) is 0.699. The highest BCUT2D eigenvalue weighted by molar-refractivity contribution is 7.09. The third-order valence-electron chi connectivity index (χ3n) is 4.01. The lowest BCUT2D eigenvalue weighted by Crippen LogP contribution is -2.31. The van der Waals surface area contributed by atoms with Crippen molar-refractivity contribution in [2.45, 2.75) is 20.4 Å². The van der Waals surface area contributed by atoms with E-state index in [0.717, 1.165) is 24.5 Å². The fourth-order valence-electron chi connectivity index (χ4n) is 2.44. The van der Waals surface area contributed by atoms with Crippen LogP contribution in [0.4, 0.5) is 10.5 Å². The van der Waals surface area contributed by atoms with E-state index in [1.807, 2.05) is 41.8 Å². The number of hydrogen-bond acceptors (Lipinski definition) is 4. The maximum atomic E-state index is 12.4. The van der Waals surface area contributed by atoms with Crippen LogP contribution in [0, 0.1) is 0 Å². The molecule has 136 valence electrons.